The van der Waals surface area contributed by atoms with Crippen LogP contribution in [0.3, 0.4) is 0 Å². The first-order valence-electron chi connectivity index (χ1n) is 9.96. The SMILES string of the molecule is CCn1cc(CN2CCCC(N(CCN3CCOCC3)S(C)(=O)=O)C2)cn1. The first-order chi connectivity index (χ1) is 13.0. The summed E-state index contributed by atoms with van der Waals surface area (Å²) in [6.45, 7) is 10.1. The number of sulfonamides is 1. The zero-order chi connectivity index (χ0) is 19.3. The highest BCUT2D eigenvalue weighted by Crippen LogP contribution is 2.20. The Bertz CT molecular complexity index is 687. The summed E-state index contributed by atoms with van der Waals surface area (Å²) >= 11 is 0. The molecule has 2 fully saturated rings. The van der Waals surface area contributed by atoms with Crippen LogP contribution >= 0.6 is 0 Å². The molecule has 0 spiro atoms. The van der Waals surface area contributed by atoms with Crippen LogP contribution in [0.1, 0.15) is 25.3 Å². The first-order valence-corrected chi connectivity index (χ1v) is 11.8. The van der Waals surface area contributed by atoms with Crippen LogP contribution in [-0.4, -0.2) is 97.1 Å². The number of piperidine rings is 1. The molecule has 0 amide bonds. The van der Waals surface area contributed by atoms with E-state index in [9.17, 15) is 8.42 Å². The number of nitrogens with zero attached hydrogens (tertiary/aromatic N) is 5. The summed E-state index contributed by atoms with van der Waals surface area (Å²) in [4.78, 5) is 4.65. The van der Waals surface area contributed by atoms with Gasteiger partial charge in [-0.15, -0.1) is 0 Å². The molecule has 1 atom stereocenters. The average molecular weight is 400 g/mol. The minimum absolute atomic E-state index is 0.0519. The van der Waals surface area contributed by atoms with Gasteiger partial charge in [0, 0.05) is 63.6 Å². The lowest BCUT2D eigenvalue weighted by atomic mass is 10.1. The van der Waals surface area contributed by atoms with Crippen molar-refractivity contribution in [1.29, 1.82) is 0 Å². The third-order valence-electron chi connectivity index (χ3n) is 5.47. The van der Waals surface area contributed by atoms with E-state index in [0.29, 0.717) is 6.54 Å². The minimum atomic E-state index is -3.23. The van der Waals surface area contributed by atoms with Crippen molar-refractivity contribution < 1.29 is 13.2 Å². The van der Waals surface area contributed by atoms with Gasteiger partial charge in [-0.05, 0) is 26.3 Å². The van der Waals surface area contributed by atoms with Crippen molar-refractivity contribution in [1.82, 2.24) is 23.9 Å². The van der Waals surface area contributed by atoms with E-state index in [4.69, 9.17) is 4.74 Å². The highest BCUT2D eigenvalue weighted by Gasteiger charge is 2.31. The van der Waals surface area contributed by atoms with Gasteiger partial charge in [0.1, 0.15) is 0 Å². The number of hydrogen-bond donors (Lipinski definition) is 0. The number of hydrogen-bond acceptors (Lipinski definition) is 6. The maximum atomic E-state index is 12.5. The van der Waals surface area contributed by atoms with Gasteiger partial charge in [-0.1, -0.05) is 0 Å². The van der Waals surface area contributed by atoms with Crippen LogP contribution in [0.5, 0.6) is 0 Å². The fourth-order valence-corrected chi connectivity index (χ4v) is 5.14. The predicted octanol–water partition coefficient (Wildman–Crippen LogP) is 0.461. The molecule has 0 aromatic carbocycles. The Morgan fingerprint density at radius 1 is 1.26 bits per heavy atom. The van der Waals surface area contributed by atoms with E-state index in [2.05, 4.69) is 28.0 Å². The summed E-state index contributed by atoms with van der Waals surface area (Å²) in [7, 11) is -3.23. The Kier molecular flexibility index (Phi) is 7.27. The van der Waals surface area contributed by atoms with Gasteiger partial charge in [-0.2, -0.15) is 9.40 Å². The molecule has 1 aromatic heterocycles. The second-order valence-corrected chi connectivity index (χ2v) is 9.50. The van der Waals surface area contributed by atoms with Crippen LogP contribution in [0.15, 0.2) is 12.4 Å². The Morgan fingerprint density at radius 3 is 2.70 bits per heavy atom. The molecule has 0 N–H and O–H groups in total. The lowest BCUT2D eigenvalue weighted by Crippen LogP contribution is -2.52. The molecule has 154 valence electrons. The molecule has 1 aromatic rings. The van der Waals surface area contributed by atoms with Gasteiger partial charge in [0.05, 0.1) is 25.7 Å². The standard InChI is InChI=1S/C18H33N5O3S/c1-3-22-15-17(13-19-22)14-21-6-4-5-18(16-21)23(27(2,24)25)8-7-20-9-11-26-12-10-20/h13,15,18H,3-12,14,16H2,1-2H3. The van der Waals surface area contributed by atoms with E-state index in [1.165, 1.54) is 11.8 Å². The Balaban J connectivity index is 1.59. The summed E-state index contributed by atoms with van der Waals surface area (Å²) < 4.78 is 34.0. The Morgan fingerprint density at radius 2 is 2.04 bits per heavy atom. The maximum Gasteiger partial charge on any atom is 0.211 e. The van der Waals surface area contributed by atoms with Crippen molar-refractivity contribution >= 4 is 10.0 Å². The third-order valence-corrected chi connectivity index (χ3v) is 6.80. The fourth-order valence-electron chi connectivity index (χ4n) is 4.01. The average Bonchev–Trinajstić information content (AvgIpc) is 3.09. The second-order valence-electron chi connectivity index (χ2n) is 7.56. The molecule has 3 heterocycles. The third kappa shape index (κ3) is 5.99. The summed E-state index contributed by atoms with van der Waals surface area (Å²) in [6.07, 6.45) is 7.30. The smallest absolute Gasteiger partial charge is 0.211 e. The molecular formula is C18H33N5O3S. The van der Waals surface area contributed by atoms with Gasteiger partial charge in [0.2, 0.25) is 10.0 Å². The topological polar surface area (TPSA) is 70.9 Å². The lowest BCUT2D eigenvalue weighted by molar-refractivity contribution is 0.0337. The molecule has 2 aliphatic rings. The van der Waals surface area contributed by atoms with Gasteiger partial charge < -0.3 is 4.74 Å². The number of aromatic nitrogens is 2. The second kappa shape index (κ2) is 9.47. The summed E-state index contributed by atoms with van der Waals surface area (Å²) in [5.74, 6) is 0. The van der Waals surface area contributed by atoms with E-state index in [1.54, 1.807) is 4.31 Å². The van der Waals surface area contributed by atoms with E-state index in [0.717, 1.165) is 71.9 Å². The molecule has 0 aliphatic carbocycles. The molecule has 0 saturated carbocycles. The van der Waals surface area contributed by atoms with Gasteiger partial charge in [-0.3, -0.25) is 14.5 Å². The molecule has 0 radical (unpaired) electrons. The van der Waals surface area contributed by atoms with Gasteiger partial charge in [0.25, 0.3) is 0 Å². The van der Waals surface area contributed by atoms with Crippen LogP contribution in [-0.2, 0) is 27.8 Å². The van der Waals surface area contributed by atoms with Gasteiger partial charge in [-0.25, -0.2) is 8.42 Å². The highest BCUT2D eigenvalue weighted by molar-refractivity contribution is 7.88. The van der Waals surface area contributed by atoms with Crippen LogP contribution < -0.4 is 0 Å². The van der Waals surface area contributed by atoms with Crippen LogP contribution in [0, 0.1) is 0 Å². The summed E-state index contributed by atoms with van der Waals surface area (Å²) in [6, 6.07) is 0.0519. The van der Waals surface area contributed by atoms with Crippen LogP contribution in [0.2, 0.25) is 0 Å². The molecular weight excluding hydrogens is 366 g/mol. The quantitative estimate of drug-likeness (QED) is 0.633. The van der Waals surface area contributed by atoms with Crippen molar-refractivity contribution in [2.75, 3.05) is 58.7 Å². The van der Waals surface area contributed by atoms with Gasteiger partial charge in [0.15, 0.2) is 0 Å². The molecule has 27 heavy (non-hydrogen) atoms. The van der Waals surface area contributed by atoms with Crippen molar-refractivity contribution in [2.24, 2.45) is 0 Å². The normalized spacial score (nSPS) is 23.1. The van der Waals surface area contributed by atoms with Crippen LogP contribution in [0.25, 0.3) is 0 Å². The van der Waals surface area contributed by atoms with Crippen LogP contribution in [0.4, 0.5) is 0 Å². The fraction of sp³-hybridized carbons (Fsp3) is 0.833. The number of morpholine rings is 1. The number of rotatable bonds is 8. The van der Waals surface area contributed by atoms with Crippen molar-refractivity contribution in [3.63, 3.8) is 0 Å². The molecule has 2 aliphatic heterocycles. The van der Waals surface area contributed by atoms with Crippen molar-refractivity contribution in [2.45, 2.75) is 38.9 Å². The molecule has 1 unspecified atom stereocenters. The molecule has 2 saturated heterocycles. The zero-order valence-electron chi connectivity index (χ0n) is 16.6. The predicted molar refractivity (Wildman–Crippen MR) is 105 cm³/mol. The molecule has 3 rings (SSSR count). The van der Waals surface area contributed by atoms with E-state index < -0.39 is 10.0 Å². The number of ether oxygens (including phenoxy) is 1. The highest BCUT2D eigenvalue weighted by atomic mass is 32.2. The van der Waals surface area contributed by atoms with E-state index in [-0.39, 0.29) is 6.04 Å². The zero-order valence-corrected chi connectivity index (χ0v) is 17.4. The first kappa shape index (κ1) is 20.7. The summed E-state index contributed by atoms with van der Waals surface area (Å²) in [5.41, 5.74) is 1.19. The molecule has 8 nitrogen and oxygen atoms in total. The van der Waals surface area contributed by atoms with Gasteiger partial charge >= 0.3 is 0 Å². The molecule has 0 bridgehead atoms. The number of likely N-dealkylation sites (tertiary alicyclic amines) is 1. The monoisotopic (exact) mass is 399 g/mol. The van der Waals surface area contributed by atoms with E-state index >= 15 is 0 Å². The molecule has 9 heteroatoms. The largest absolute Gasteiger partial charge is 0.379 e. The minimum Gasteiger partial charge on any atom is -0.379 e. The Labute approximate surface area is 163 Å². The Hall–Kier alpha value is -1.00. The van der Waals surface area contributed by atoms with E-state index in [1.807, 2.05) is 10.9 Å². The van der Waals surface area contributed by atoms with Crippen molar-refractivity contribution in [3.8, 4) is 0 Å². The summed E-state index contributed by atoms with van der Waals surface area (Å²) in [5, 5.41) is 4.34. The number of aryl methyl sites for hydroxylation is 1. The lowest BCUT2D eigenvalue weighted by Gasteiger charge is -2.39. The van der Waals surface area contributed by atoms with Crippen molar-refractivity contribution in [3.05, 3.63) is 18.0 Å². The maximum absolute atomic E-state index is 12.5.